The van der Waals surface area contributed by atoms with Gasteiger partial charge in [0.1, 0.15) is 5.75 Å². The topological polar surface area (TPSA) is 84.1 Å². The normalized spacial score (nSPS) is 10.0. The van der Waals surface area contributed by atoms with Gasteiger partial charge in [0.05, 0.1) is 10.7 Å². The first-order valence-electron chi connectivity index (χ1n) is 5.31. The molecule has 0 aliphatic heterocycles. The van der Waals surface area contributed by atoms with Gasteiger partial charge >= 0.3 is 5.69 Å². The third kappa shape index (κ3) is 3.31. The molecule has 1 aromatic heterocycles. The Hall–Kier alpha value is -1.90. The fourth-order valence-corrected chi connectivity index (χ4v) is 1.80. The molecule has 0 saturated heterocycles. The SMILES string of the molecule is COc1ccc(C(=O)Nc2nc(=O)[nH]cc2I)cc1. The maximum atomic E-state index is 12.0. The summed E-state index contributed by atoms with van der Waals surface area (Å²) >= 11 is 1.97. The Balaban J connectivity index is 2.20. The summed E-state index contributed by atoms with van der Waals surface area (Å²) in [5.74, 6) is 0.573. The Bertz CT molecular complexity index is 652. The van der Waals surface area contributed by atoms with Gasteiger partial charge in [-0.25, -0.2) is 4.79 Å². The van der Waals surface area contributed by atoms with E-state index in [1.165, 1.54) is 6.20 Å². The summed E-state index contributed by atoms with van der Waals surface area (Å²) < 4.78 is 5.66. The average Bonchev–Trinajstić information content (AvgIpc) is 2.43. The molecule has 0 atom stereocenters. The van der Waals surface area contributed by atoms with E-state index in [1.807, 2.05) is 22.6 Å². The molecule has 2 rings (SSSR count). The number of carbonyl (C=O) groups excluding carboxylic acids is 1. The number of nitrogens with zero attached hydrogens (tertiary/aromatic N) is 1. The number of halogens is 1. The number of rotatable bonds is 3. The molecule has 0 unspecified atom stereocenters. The number of H-pyrrole nitrogens is 1. The lowest BCUT2D eigenvalue weighted by atomic mass is 10.2. The highest BCUT2D eigenvalue weighted by atomic mass is 127. The van der Waals surface area contributed by atoms with E-state index in [-0.39, 0.29) is 11.7 Å². The van der Waals surface area contributed by atoms with E-state index in [4.69, 9.17) is 4.74 Å². The van der Waals surface area contributed by atoms with Crippen LogP contribution in [0.4, 0.5) is 5.82 Å². The number of hydrogen-bond acceptors (Lipinski definition) is 4. The molecule has 0 fully saturated rings. The number of benzene rings is 1. The van der Waals surface area contributed by atoms with Crippen LogP contribution in [0.2, 0.25) is 0 Å². The number of nitrogens with one attached hydrogen (secondary N) is 2. The van der Waals surface area contributed by atoms with Crippen molar-refractivity contribution in [3.63, 3.8) is 0 Å². The van der Waals surface area contributed by atoms with Crippen molar-refractivity contribution >= 4 is 34.3 Å². The lowest BCUT2D eigenvalue weighted by Gasteiger charge is -2.06. The minimum absolute atomic E-state index is 0.241. The molecule has 1 heterocycles. The van der Waals surface area contributed by atoms with Crippen LogP contribution in [0.5, 0.6) is 5.75 Å². The van der Waals surface area contributed by atoms with E-state index in [1.54, 1.807) is 31.4 Å². The number of anilines is 1. The van der Waals surface area contributed by atoms with Crippen LogP contribution in [0.1, 0.15) is 10.4 Å². The number of carbonyl (C=O) groups is 1. The van der Waals surface area contributed by atoms with Crippen molar-refractivity contribution in [2.75, 3.05) is 12.4 Å². The Labute approximate surface area is 122 Å². The summed E-state index contributed by atoms with van der Waals surface area (Å²) in [6, 6.07) is 6.64. The first-order chi connectivity index (χ1) is 9.10. The molecule has 1 amide bonds. The van der Waals surface area contributed by atoms with Gasteiger partial charge < -0.3 is 15.0 Å². The van der Waals surface area contributed by atoms with Crippen molar-refractivity contribution in [2.45, 2.75) is 0 Å². The molecule has 0 aliphatic rings. The Morgan fingerprint density at radius 2 is 2.05 bits per heavy atom. The maximum absolute atomic E-state index is 12.0. The molecule has 7 heteroatoms. The third-order valence-corrected chi connectivity index (χ3v) is 3.17. The van der Waals surface area contributed by atoms with Gasteiger partial charge in [-0.3, -0.25) is 4.79 Å². The van der Waals surface area contributed by atoms with Gasteiger partial charge in [0.2, 0.25) is 0 Å². The number of hydrogen-bond donors (Lipinski definition) is 2. The van der Waals surface area contributed by atoms with Crippen molar-refractivity contribution in [1.29, 1.82) is 0 Å². The Morgan fingerprint density at radius 3 is 2.68 bits per heavy atom. The molecular formula is C12H10IN3O3. The van der Waals surface area contributed by atoms with E-state index in [2.05, 4.69) is 15.3 Å². The van der Waals surface area contributed by atoms with Gasteiger partial charge in [0.25, 0.3) is 5.91 Å². The molecule has 19 heavy (non-hydrogen) atoms. The predicted octanol–water partition coefficient (Wildman–Crippen LogP) is 1.64. The number of amides is 1. The highest BCUT2D eigenvalue weighted by molar-refractivity contribution is 14.1. The number of aromatic nitrogens is 2. The summed E-state index contributed by atoms with van der Waals surface area (Å²) in [5.41, 5.74) is -0.0517. The standard InChI is InChI=1S/C12H10IN3O3/c1-19-8-4-2-7(3-5-8)11(17)15-10-9(13)6-14-12(18)16-10/h2-6H,1H3,(H2,14,15,16,17,18). The Kier molecular flexibility index (Phi) is 4.15. The largest absolute Gasteiger partial charge is 0.497 e. The molecule has 2 N–H and O–H groups in total. The number of aromatic amines is 1. The van der Waals surface area contributed by atoms with Crippen molar-refractivity contribution in [2.24, 2.45) is 0 Å². The molecule has 2 aromatic rings. The van der Waals surface area contributed by atoms with Crippen LogP contribution in [0.3, 0.4) is 0 Å². The molecule has 0 radical (unpaired) electrons. The Morgan fingerprint density at radius 1 is 1.37 bits per heavy atom. The fraction of sp³-hybridized carbons (Fsp3) is 0.0833. The number of methoxy groups -OCH3 is 1. The van der Waals surface area contributed by atoms with Crippen LogP contribution in [0.15, 0.2) is 35.3 Å². The van der Waals surface area contributed by atoms with Crippen LogP contribution in [0.25, 0.3) is 0 Å². The van der Waals surface area contributed by atoms with Crippen molar-refractivity contribution < 1.29 is 9.53 Å². The smallest absolute Gasteiger partial charge is 0.346 e. The molecule has 1 aromatic carbocycles. The first-order valence-corrected chi connectivity index (χ1v) is 6.38. The molecule has 0 bridgehead atoms. The van der Waals surface area contributed by atoms with E-state index in [9.17, 15) is 9.59 Å². The molecule has 0 saturated carbocycles. The van der Waals surface area contributed by atoms with Crippen LogP contribution < -0.4 is 15.7 Å². The molecule has 0 spiro atoms. The van der Waals surface area contributed by atoms with Crippen LogP contribution in [-0.2, 0) is 0 Å². The minimum Gasteiger partial charge on any atom is -0.497 e. The fourth-order valence-electron chi connectivity index (χ4n) is 1.39. The zero-order chi connectivity index (χ0) is 13.8. The van der Waals surface area contributed by atoms with E-state index in [0.717, 1.165) is 0 Å². The summed E-state index contributed by atoms with van der Waals surface area (Å²) in [5, 5.41) is 2.59. The van der Waals surface area contributed by atoms with E-state index >= 15 is 0 Å². The zero-order valence-corrected chi connectivity index (χ0v) is 12.1. The van der Waals surface area contributed by atoms with Gasteiger partial charge in [-0.1, -0.05) is 0 Å². The third-order valence-electron chi connectivity index (χ3n) is 2.35. The van der Waals surface area contributed by atoms with Gasteiger partial charge in [0.15, 0.2) is 5.82 Å². The van der Waals surface area contributed by atoms with Crippen molar-refractivity contribution in [3.8, 4) is 5.75 Å². The van der Waals surface area contributed by atoms with E-state index in [0.29, 0.717) is 14.9 Å². The average molecular weight is 371 g/mol. The first kappa shape index (κ1) is 13.5. The lowest BCUT2D eigenvalue weighted by Crippen LogP contribution is -2.19. The molecule has 98 valence electrons. The second-order valence-corrected chi connectivity index (χ2v) is 4.75. The molecule has 6 nitrogen and oxygen atoms in total. The van der Waals surface area contributed by atoms with Gasteiger partial charge in [-0.05, 0) is 46.9 Å². The number of ether oxygens (including phenoxy) is 1. The van der Waals surface area contributed by atoms with Crippen LogP contribution in [0, 0.1) is 3.57 Å². The molecule has 0 aliphatic carbocycles. The van der Waals surface area contributed by atoms with Crippen LogP contribution >= 0.6 is 22.6 Å². The second kappa shape index (κ2) is 5.83. The van der Waals surface area contributed by atoms with Gasteiger partial charge in [-0.15, -0.1) is 0 Å². The second-order valence-electron chi connectivity index (χ2n) is 3.58. The van der Waals surface area contributed by atoms with Crippen LogP contribution in [-0.4, -0.2) is 23.0 Å². The summed E-state index contributed by atoms with van der Waals surface area (Å²) in [6.07, 6.45) is 1.49. The van der Waals surface area contributed by atoms with Gasteiger partial charge in [-0.2, -0.15) is 4.98 Å². The zero-order valence-electron chi connectivity index (χ0n) is 9.94. The minimum atomic E-state index is -0.509. The highest BCUT2D eigenvalue weighted by Gasteiger charge is 2.10. The van der Waals surface area contributed by atoms with Crippen molar-refractivity contribution in [1.82, 2.24) is 9.97 Å². The summed E-state index contributed by atoms with van der Waals surface area (Å²) in [6.45, 7) is 0. The maximum Gasteiger partial charge on any atom is 0.346 e. The summed E-state index contributed by atoms with van der Waals surface area (Å²) in [4.78, 5) is 29.2. The molecular weight excluding hydrogens is 361 g/mol. The monoisotopic (exact) mass is 371 g/mol. The van der Waals surface area contributed by atoms with Gasteiger partial charge in [0, 0.05) is 11.8 Å². The predicted molar refractivity (Wildman–Crippen MR) is 78.5 cm³/mol. The summed E-state index contributed by atoms with van der Waals surface area (Å²) in [7, 11) is 1.55. The quantitative estimate of drug-likeness (QED) is 0.804. The van der Waals surface area contributed by atoms with Crippen molar-refractivity contribution in [3.05, 3.63) is 50.1 Å². The lowest BCUT2D eigenvalue weighted by molar-refractivity contribution is 0.102. The highest BCUT2D eigenvalue weighted by Crippen LogP contribution is 2.15. The van der Waals surface area contributed by atoms with E-state index < -0.39 is 5.69 Å².